The highest BCUT2D eigenvalue weighted by Crippen LogP contribution is 2.20. The first-order valence-corrected chi connectivity index (χ1v) is 12.4. The number of methoxy groups -OCH3 is 1. The smallest absolute Gasteiger partial charge is 0.305 e. The molecule has 11 heteroatoms. The van der Waals surface area contributed by atoms with E-state index in [1.165, 1.54) is 0 Å². The summed E-state index contributed by atoms with van der Waals surface area (Å²) < 4.78 is 5.11. The third-order valence-corrected chi connectivity index (χ3v) is 5.99. The number of carboxylic acid groups (broad SMARTS) is 1. The lowest BCUT2D eigenvalue weighted by Gasteiger charge is -2.17. The van der Waals surface area contributed by atoms with Crippen LogP contribution in [0.1, 0.15) is 27.9 Å². The van der Waals surface area contributed by atoms with Crippen LogP contribution in [0.25, 0.3) is 11.1 Å². The number of amides is 3. The van der Waals surface area contributed by atoms with Gasteiger partial charge >= 0.3 is 5.97 Å². The van der Waals surface area contributed by atoms with Crippen LogP contribution < -0.4 is 26.4 Å². The number of carboxylic acids is 1. The van der Waals surface area contributed by atoms with Gasteiger partial charge in [-0.25, -0.2) is 0 Å². The summed E-state index contributed by atoms with van der Waals surface area (Å²) in [6.07, 6.45) is -0.106. The second-order valence-electron chi connectivity index (χ2n) is 8.86. The molecule has 40 heavy (non-hydrogen) atoms. The third kappa shape index (κ3) is 8.69. The van der Waals surface area contributed by atoms with Gasteiger partial charge in [-0.3, -0.25) is 24.6 Å². The average molecular weight is 546 g/mol. The Morgan fingerprint density at radius 3 is 1.98 bits per heavy atom. The number of hydrogen-bond acceptors (Lipinski definition) is 6. The summed E-state index contributed by atoms with van der Waals surface area (Å²) in [5.74, 6) is -2.42. The van der Waals surface area contributed by atoms with Crippen molar-refractivity contribution in [3.63, 3.8) is 0 Å². The summed E-state index contributed by atoms with van der Waals surface area (Å²) in [4.78, 5) is 48.7. The van der Waals surface area contributed by atoms with Crippen molar-refractivity contribution in [2.45, 2.75) is 18.9 Å². The molecule has 3 rings (SSSR count). The number of aliphatic carboxylic acids is 1. The Bertz CT molecular complexity index is 1360. The van der Waals surface area contributed by atoms with Gasteiger partial charge in [-0.15, -0.1) is 0 Å². The minimum atomic E-state index is -1.30. The van der Waals surface area contributed by atoms with E-state index in [9.17, 15) is 24.3 Å². The van der Waals surface area contributed by atoms with Crippen molar-refractivity contribution >= 4 is 29.5 Å². The molecule has 208 valence electrons. The van der Waals surface area contributed by atoms with E-state index in [1.54, 1.807) is 55.6 Å². The normalized spacial score (nSPS) is 11.1. The summed E-state index contributed by atoms with van der Waals surface area (Å²) in [6.45, 7) is -0.201. The molecule has 3 aromatic carbocycles. The molecule has 3 aromatic rings. The Hall–Kier alpha value is -5.19. The highest BCUT2D eigenvalue weighted by atomic mass is 16.5. The molecule has 0 saturated heterocycles. The minimum absolute atomic E-state index is 0.0257. The van der Waals surface area contributed by atoms with Crippen LogP contribution in [0.5, 0.6) is 5.75 Å². The van der Waals surface area contributed by atoms with E-state index in [4.69, 9.17) is 15.9 Å². The summed E-state index contributed by atoms with van der Waals surface area (Å²) in [5, 5.41) is 24.1. The van der Waals surface area contributed by atoms with Crippen LogP contribution in [-0.2, 0) is 20.8 Å². The lowest BCUT2D eigenvalue weighted by atomic mass is 10.0. The van der Waals surface area contributed by atoms with Crippen LogP contribution in [0.3, 0.4) is 0 Å². The molecule has 0 fully saturated rings. The molecule has 0 radical (unpaired) electrons. The zero-order chi connectivity index (χ0) is 29.1. The number of ether oxygens (including phenoxy) is 1. The SMILES string of the molecule is COc1ccc(CCNC(=O)C(CC(=O)O)NC(=O)CNC(=O)c2ccc(-c3ccc(C(=N)N)cc3)cc2)cc1. The first kappa shape index (κ1) is 29.4. The van der Waals surface area contributed by atoms with E-state index in [1.807, 2.05) is 24.3 Å². The van der Waals surface area contributed by atoms with E-state index in [0.29, 0.717) is 23.3 Å². The number of amidine groups is 1. The number of hydrogen-bond donors (Lipinski definition) is 6. The fourth-order valence-electron chi connectivity index (χ4n) is 3.79. The third-order valence-electron chi connectivity index (χ3n) is 5.99. The van der Waals surface area contributed by atoms with Gasteiger partial charge in [0, 0.05) is 17.7 Å². The highest BCUT2D eigenvalue weighted by Gasteiger charge is 2.23. The topological polar surface area (TPSA) is 184 Å². The molecule has 0 heterocycles. The van der Waals surface area contributed by atoms with Gasteiger partial charge in [0.2, 0.25) is 11.8 Å². The van der Waals surface area contributed by atoms with Crippen LogP contribution in [0, 0.1) is 5.41 Å². The maximum absolute atomic E-state index is 12.6. The first-order chi connectivity index (χ1) is 19.2. The maximum atomic E-state index is 12.6. The Labute approximate surface area is 231 Å². The molecule has 0 bridgehead atoms. The molecule has 7 N–H and O–H groups in total. The van der Waals surface area contributed by atoms with Gasteiger partial charge in [-0.2, -0.15) is 0 Å². The second-order valence-corrected chi connectivity index (χ2v) is 8.86. The van der Waals surface area contributed by atoms with Gasteiger partial charge in [0.05, 0.1) is 20.1 Å². The van der Waals surface area contributed by atoms with Crippen molar-refractivity contribution in [1.29, 1.82) is 5.41 Å². The molecule has 11 nitrogen and oxygen atoms in total. The standard InChI is InChI=1S/C29H31N5O6/c1-40-23-12-2-18(3-13-23)14-15-32-29(39)24(16-26(36)37)34-25(35)17-33-28(38)22-10-6-20(7-11-22)19-4-8-21(9-5-19)27(30)31/h2-13,24H,14-17H2,1H3,(H3,30,31)(H,32,39)(H,33,38)(H,34,35)(H,36,37). The van der Waals surface area contributed by atoms with Gasteiger partial charge in [0.1, 0.15) is 17.6 Å². The predicted molar refractivity (Wildman–Crippen MR) is 149 cm³/mol. The van der Waals surface area contributed by atoms with Gasteiger partial charge in [-0.1, -0.05) is 48.5 Å². The first-order valence-electron chi connectivity index (χ1n) is 12.4. The largest absolute Gasteiger partial charge is 0.497 e. The van der Waals surface area contributed by atoms with Gasteiger partial charge < -0.3 is 31.5 Å². The van der Waals surface area contributed by atoms with E-state index in [-0.39, 0.29) is 12.4 Å². The minimum Gasteiger partial charge on any atom is -0.497 e. The fraction of sp³-hybridized carbons (Fsp3) is 0.207. The summed E-state index contributed by atoms with van der Waals surface area (Å²) >= 11 is 0. The van der Waals surface area contributed by atoms with Crippen LogP contribution >= 0.6 is 0 Å². The number of nitrogens with two attached hydrogens (primary N) is 1. The highest BCUT2D eigenvalue weighted by molar-refractivity contribution is 5.98. The molecular formula is C29H31N5O6. The zero-order valence-electron chi connectivity index (χ0n) is 21.9. The number of nitrogen functional groups attached to an aromatic ring is 1. The summed E-state index contributed by atoms with van der Waals surface area (Å²) in [6, 6.07) is 19.8. The number of carbonyl (C=O) groups is 4. The van der Waals surface area contributed by atoms with Crippen molar-refractivity contribution in [2.75, 3.05) is 20.2 Å². The van der Waals surface area contributed by atoms with E-state index in [2.05, 4.69) is 16.0 Å². The summed E-state index contributed by atoms with van der Waals surface area (Å²) in [7, 11) is 1.56. The zero-order valence-corrected chi connectivity index (χ0v) is 21.9. The van der Waals surface area contributed by atoms with E-state index >= 15 is 0 Å². The Morgan fingerprint density at radius 2 is 1.45 bits per heavy atom. The number of rotatable bonds is 13. The van der Waals surface area contributed by atoms with E-state index in [0.717, 1.165) is 16.7 Å². The molecule has 0 spiro atoms. The second kappa shape index (κ2) is 14.1. The molecule has 0 aliphatic carbocycles. The van der Waals surface area contributed by atoms with Crippen molar-refractivity contribution < 1.29 is 29.0 Å². The van der Waals surface area contributed by atoms with Crippen LogP contribution in [0.2, 0.25) is 0 Å². The van der Waals surface area contributed by atoms with Gasteiger partial charge in [-0.05, 0) is 47.4 Å². The molecule has 0 aromatic heterocycles. The van der Waals surface area contributed by atoms with Crippen LogP contribution in [0.15, 0.2) is 72.8 Å². The molecule has 1 atom stereocenters. The van der Waals surface area contributed by atoms with Crippen LogP contribution in [-0.4, -0.2) is 60.9 Å². The maximum Gasteiger partial charge on any atom is 0.305 e. The van der Waals surface area contributed by atoms with Crippen molar-refractivity contribution in [2.24, 2.45) is 5.73 Å². The molecule has 0 aliphatic heterocycles. The fourth-order valence-corrected chi connectivity index (χ4v) is 3.79. The van der Waals surface area contributed by atoms with Crippen molar-refractivity contribution in [1.82, 2.24) is 16.0 Å². The quantitative estimate of drug-likeness (QED) is 0.139. The van der Waals surface area contributed by atoms with Crippen molar-refractivity contribution in [3.05, 3.63) is 89.5 Å². The summed E-state index contributed by atoms with van der Waals surface area (Å²) in [5.41, 5.74) is 9.07. The monoisotopic (exact) mass is 545 g/mol. The van der Waals surface area contributed by atoms with E-state index < -0.39 is 42.7 Å². The predicted octanol–water partition coefficient (Wildman–Crippen LogP) is 1.69. The Balaban J connectivity index is 1.49. The Kier molecular flexibility index (Phi) is 10.4. The number of benzene rings is 3. The Morgan fingerprint density at radius 1 is 0.875 bits per heavy atom. The lowest BCUT2D eigenvalue weighted by Crippen LogP contribution is -2.50. The number of nitrogens with one attached hydrogen (secondary N) is 4. The molecule has 3 amide bonds. The molecular weight excluding hydrogens is 514 g/mol. The van der Waals surface area contributed by atoms with Crippen molar-refractivity contribution in [3.8, 4) is 16.9 Å². The van der Waals surface area contributed by atoms with Gasteiger partial charge in [0.15, 0.2) is 0 Å². The molecule has 0 aliphatic rings. The molecule has 0 saturated carbocycles. The number of carbonyl (C=O) groups excluding carboxylic acids is 3. The average Bonchev–Trinajstić information content (AvgIpc) is 2.95. The van der Waals surface area contributed by atoms with Gasteiger partial charge in [0.25, 0.3) is 5.91 Å². The molecule has 1 unspecified atom stereocenters. The van der Waals surface area contributed by atoms with Crippen LogP contribution in [0.4, 0.5) is 0 Å². The lowest BCUT2D eigenvalue weighted by molar-refractivity contribution is -0.140.